The Labute approximate surface area is 204 Å². The second-order valence-electron chi connectivity index (χ2n) is 9.02. The van der Waals surface area contributed by atoms with Crippen molar-refractivity contribution in [3.63, 3.8) is 0 Å². The lowest BCUT2D eigenvalue weighted by molar-refractivity contribution is 0.0978. The SMILES string of the molecule is COc1ccc(C(C)(C)C)cc1S(=O)(=O)NC(=O)c1ccc2c(-n3cccn3)cccc2c1OC. The normalized spacial score (nSPS) is 11.9. The molecule has 9 heteroatoms. The van der Waals surface area contributed by atoms with Gasteiger partial charge in [0.25, 0.3) is 15.9 Å². The molecule has 0 aliphatic heterocycles. The van der Waals surface area contributed by atoms with E-state index in [2.05, 4.69) is 9.82 Å². The van der Waals surface area contributed by atoms with E-state index in [1.54, 1.807) is 29.1 Å². The molecular formula is C26H27N3O5S. The van der Waals surface area contributed by atoms with Crippen LogP contribution in [0.3, 0.4) is 0 Å². The number of nitrogens with zero attached hydrogens (tertiary/aromatic N) is 2. The van der Waals surface area contributed by atoms with Gasteiger partial charge in [0, 0.05) is 23.2 Å². The van der Waals surface area contributed by atoms with E-state index in [1.807, 2.05) is 57.3 Å². The van der Waals surface area contributed by atoms with Gasteiger partial charge in [-0.25, -0.2) is 17.8 Å². The molecule has 1 heterocycles. The van der Waals surface area contributed by atoms with Gasteiger partial charge in [-0.15, -0.1) is 0 Å². The fourth-order valence-corrected chi connectivity index (χ4v) is 5.07. The number of aromatic nitrogens is 2. The molecule has 4 rings (SSSR count). The number of fused-ring (bicyclic) bond motifs is 1. The molecule has 1 aromatic heterocycles. The zero-order chi connectivity index (χ0) is 25.4. The minimum Gasteiger partial charge on any atom is -0.495 e. The number of carbonyl (C=O) groups is 1. The Morgan fingerprint density at radius 1 is 0.971 bits per heavy atom. The fraction of sp³-hybridized carbons (Fsp3) is 0.231. The zero-order valence-corrected chi connectivity index (χ0v) is 21.0. The van der Waals surface area contributed by atoms with Gasteiger partial charge in [-0.3, -0.25) is 4.79 Å². The minimum absolute atomic E-state index is 0.0899. The quantitative estimate of drug-likeness (QED) is 0.426. The second kappa shape index (κ2) is 9.07. The van der Waals surface area contributed by atoms with Crippen LogP contribution in [0.4, 0.5) is 0 Å². The molecule has 3 aromatic carbocycles. The van der Waals surface area contributed by atoms with E-state index in [9.17, 15) is 13.2 Å². The topological polar surface area (TPSA) is 99.5 Å². The van der Waals surface area contributed by atoms with Crippen LogP contribution in [0.1, 0.15) is 36.7 Å². The van der Waals surface area contributed by atoms with E-state index in [1.165, 1.54) is 20.3 Å². The number of methoxy groups -OCH3 is 2. The third kappa shape index (κ3) is 4.59. The Bertz CT molecular complexity index is 1500. The molecular weight excluding hydrogens is 466 g/mol. The molecule has 0 unspecified atom stereocenters. The van der Waals surface area contributed by atoms with Gasteiger partial charge >= 0.3 is 0 Å². The lowest BCUT2D eigenvalue weighted by Crippen LogP contribution is -2.31. The number of hydrogen-bond acceptors (Lipinski definition) is 6. The number of sulfonamides is 1. The van der Waals surface area contributed by atoms with Crippen LogP contribution in [0, 0.1) is 0 Å². The molecule has 0 fully saturated rings. The lowest BCUT2D eigenvalue weighted by atomic mass is 9.87. The summed E-state index contributed by atoms with van der Waals surface area (Å²) in [4.78, 5) is 13.1. The largest absolute Gasteiger partial charge is 0.495 e. The number of amides is 1. The summed E-state index contributed by atoms with van der Waals surface area (Å²) >= 11 is 0. The number of carbonyl (C=O) groups excluding carboxylic acids is 1. The first kappa shape index (κ1) is 24.3. The lowest BCUT2D eigenvalue weighted by Gasteiger charge is -2.21. The smallest absolute Gasteiger partial charge is 0.268 e. The third-order valence-corrected chi connectivity index (χ3v) is 7.09. The van der Waals surface area contributed by atoms with Gasteiger partial charge in [-0.1, -0.05) is 45.0 Å². The van der Waals surface area contributed by atoms with Crippen LogP contribution in [0.15, 0.2) is 71.9 Å². The van der Waals surface area contributed by atoms with Crippen molar-refractivity contribution in [2.24, 2.45) is 0 Å². The first-order valence-corrected chi connectivity index (χ1v) is 12.4. The van der Waals surface area contributed by atoms with Gasteiger partial charge in [-0.05, 0) is 41.3 Å². The molecule has 0 aliphatic rings. The van der Waals surface area contributed by atoms with Crippen molar-refractivity contribution >= 4 is 26.7 Å². The molecule has 0 radical (unpaired) electrons. The highest BCUT2D eigenvalue weighted by molar-refractivity contribution is 7.90. The van der Waals surface area contributed by atoms with Gasteiger partial charge in [0.15, 0.2) is 0 Å². The molecule has 1 amide bonds. The van der Waals surface area contributed by atoms with Crippen molar-refractivity contribution in [2.75, 3.05) is 14.2 Å². The molecule has 0 saturated carbocycles. The average Bonchev–Trinajstić information content (AvgIpc) is 3.36. The molecule has 0 bridgehead atoms. The van der Waals surface area contributed by atoms with E-state index in [0.717, 1.165) is 16.6 Å². The number of ether oxygens (including phenoxy) is 2. The van der Waals surface area contributed by atoms with Crippen LogP contribution in [-0.4, -0.2) is 38.3 Å². The maximum absolute atomic E-state index is 13.3. The van der Waals surface area contributed by atoms with Crippen molar-refractivity contribution in [1.29, 1.82) is 0 Å². The summed E-state index contributed by atoms with van der Waals surface area (Å²) < 4.78 is 41.3. The van der Waals surface area contributed by atoms with E-state index >= 15 is 0 Å². The molecule has 0 atom stereocenters. The van der Waals surface area contributed by atoms with Gasteiger partial charge in [0.1, 0.15) is 16.4 Å². The number of rotatable bonds is 6. The Hall–Kier alpha value is -3.85. The van der Waals surface area contributed by atoms with Crippen LogP contribution in [-0.2, 0) is 15.4 Å². The van der Waals surface area contributed by atoms with Crippen LogP contribution in [0.5, 0.6) is 11.5 Å². The van der Waals surface area contributed by atoms with Crippen LogP contribution in [0.25, 0.3) is 16.5 Å². The Morgan fingerprint density at radius 2 is 1.74 bits per heavy atom. The highest BCUT2D eigenvalue weighted by Crippen LogP contribution is 2.34. The van der Waals surface area contributed by atoms with Gasteiger partial charge in [0.05, 0.1) is 25.5 Å². The molecule has 0 spiro atoms. The van der Waals surface area contributed by atoms with E-state index in [-0.39, 0.29) is 27.4 Å². The van der Waals surface area contributed by atoms with E-state index in [4.69, 9.17) is 9.47 Å². The molecule has 8 nitrogen and oxygen atoms in total. The van der Waals surface area contributed by atoms with Gasteiger partial charge < -0.3 is 9.47 Å². The molecule has 1 N–H and O–H groups in total. The van der Waals surface area contributed by atoms with Crippen molar-refractivity contribution in [2.45, 2.75) is 31.1 Å². The number of nitrogens with one attached hydrogen (secondary N) is 1. The summed E-state index contributed by atoms with van der Waals surface area (Å²) in [6, 6.07) is 15.6. The Balaban J connectivity index is 1.76. The van der Waals surface area contributed by atoms with Crippen LogP contribution >= 0.6 is 0 Å². The monoisotopic (exact) mass is 493 g/mol. The van der Waals surface area contributed by atoms with E-state index in [0.29, 0.717) is 5.39 Å². The minimum atomic E-state index is -4.25. The summed E-state index contributed by atoms with van der Waals surface area (Å²) in [5.41, 5.74) is 1.39. The molecule has 4 aromatic rings. The maximum Gasteiger partial charge on any atom is 0.268 e. The Kier molecular flexibility index (Phi) is 6.29. The van der Waals surface area contributed by atoms with Crippen molar-refractivity contribution in [3.05, 3.63) is 78.1 Å². The van der Waals surface area contributed by atoms with Gasteiger partial charge in [-0.2, -0.15) is 5.10 Å². The van der Waals surface area contributed by atoms with Crippen LogP contribution in [0.2, 0.25) is 0 Å². The molecule has 35 heavy (non-hydrogen) atoms. The summed E-state index contributed by atoms with van der Waals surface area (Å²) in [5.74, 6) is -0.399. The maximum atomic E-state index is 13.3. The highest BCUT2D eigenvalue weighted by atomic mass is 32.2. The second-order valence-corrected chi connectivity index (χ2v) is 10.7. The van der Waals surface area contributed by atoms with Crippen molar-refractivity contribution in [1.82, 2.24) is 14.5 Å². The average molecular weight is 494 g/mol. The Morgan fingerprint density at radius 3 is 2.37 bits per heavy atom. The zero-order valence-electron chi connectivity index (χ0n) is 20.2. The van der Waals surface area contributed by atoms with E-state index < -0.39 is 15.9 Å². The summed E-state index contributed by atoms with van der Waals surface area (Å²) in [7, 11) is -1.42. The first-order valence-electron chi connectivity index (χ1n) is 10.9. The first-order chi connectivity index (χ1) is 16.6. The van der Waals surface area contributed by atoms with Crippen molar-refractivity contribution < 1.29 is 22.7 Å². The standard InChI is InChI=1S/C26H27N3O5S/c1-26(2,3)17-10-13-22(33-4)23(16-17)35(31,32)28-25(30)20-12-11-18-19(24(20)34-5)8-6-9-21(18)29-15-7-14-27-29/h6-16H,1-5H3,(H,28,30). The molecule has 0 aliphatic carbocycles. The molecule has 182 valence electrons. The summed E-state index contributed by atoms with van der Waals surface area (Å²) in [6.45, 7) is 5.92. The number of benzene rings is 3. The highest BCUT2D eigenvalue weighted by Gasteiger charge is 2.27. The van der Waals surface area contributed by atoms with Crippen molar-refractivity contribution in [3.8, 4) is 17.2 Å². The third-order valence-electron chi connectivity index (χ3n) is 5.74. The predicted molar refractivity (Wildman–Crippen MR) is 134 cm³/mol. The summed E-state index contributed by atoms with van der Waals surface area (Å²) in [6.07, 6.45) is 3.49. The van der Waals surface area contributed by atoms with Gasteiger partial charge in [0.2, 0.25) is 0 Å². The summed E-state index contributed by atoms with van der Waals surface area (Å²) in [5, 5.41) is 5.73. The molecule has 0 saturated heterocycles. The number of hydrogen-bond donors (Lipinski definition) is 1. The predicted octanol–water partition coefficient (Wildman–Crippen LogP) is 4.46. The fourth-order valence-electron chi connectivity index (χ4n) is 3.91. The van der Waals surface area contributed by atoms with Crippen LogP contribution < -0.4 is 14.2 Å².